The first-order chi connectivity index (χ1) is 10.6. The molecule has 1 aliphatic rings. The van der Waals surface area contributed by atoms with Crippen LogP contribution < -0.4 is 4.90 Å². The Morgan fingerprint density at radius 3 is 2.59 bits per heavy atom. The summed E-state index contributed by atoms with van der Waals surface area (Å²) < 4.78 is 11.2. The monoisotopic (exact) mass is 307 g/mol. The molecule has 1 N–H and O–H groups in total. The molecule has 4 nitrogen and oxygen atoms in total. The third kappa shape index (κ3) is 4.97. The van der Waals surface area contributed by atoms with Gasteiger partial charge in [0.15, 0.2) is 0 Å². The molecule has 1 heterocycles. The van der Waals surface area contributed by atoms with E-state index in [1.54, 1.807) is 0 Å². The molecule has 0 bridgehead atoms. The number of nitrogens with zero attached hydrogens (tertiary/aromatic N) is 1. The summed E-state index contributed by atoms with van der Waals surface area (Å²) in [5.41, 5.74) is 2.41. The van der Waals surface area contributed by atoms with Gasteiger partial charge in [0.1, 0.15) is 0 Å². The van der Waals surface area contributed by atoms with Crippen molar-refractivity contribution in [2.45, 2.75) is 51.9 Å². The van der Waals surface area contributed by atoms with Crippen LogP contribution in [0.3, 0.4) is 0 Å². The predicted molar refractivity (Wildman–Crippen MR) is 89.5 cm³/mol. The largest absolute Gasteiger partial charge is 0.389 e. The van der Waals surface area contributed by atoms with Crippen molar-refractivity contribution < 1.29 is 14.6 Å². The molecule has 1 aromatic rings. The first-order valence-corrected chi connectivity index (χ1v) is 8.27. The second-order valence-electron chi connectivity index (χ2n) is 6.33. The van der Waals surface area contributed by atoms with Gasteiger partial charge in [-0.3, -0.25) is 0 Å². The Morgan fingerprint density at radius 1 is 1.27 bits per heavy atom. The maximum absolute atomic E-state index is 10.4. The summed E-state index contributed by atoms with van der Waals surface area (Å²) in [6, 6.07) is 8.64. The fourth-order valence-corrected chi connectivity index (χ4v) is 2.84. The average Bonchev–Trinajstić information content (AvgIpc) is 2.52. The highest BCUT2D eigenvalue weighted by Gasteiger charge is 2.19. The average molecular weight is 307 g/mol. The van der Waals surface area contributed by atoms with Gasteiger partial charge in [-0.05, 0) is 45.2 Å². The van der Waals surface area contributed by atoms with Crippen molar-refractivity contribution in [3.05, 3.63) is 29.8 Å². The fourth-order valence-electron chi connectivity index (χ4n) is 2.84. The van der Waals surface area contributed by atoms with E-state index in [0.717, 1.165) is 26.1 Å². The van der Waals surface area contributed by atoms with Gasteiger partial charge >= 0.3 is 0 Å². The van der Waals surface area contributed by atoms with Crippen LogP contribution in [-0.4, -0.2) is 49.7 Å². The molecule has 0 spiro atoms. The number of aliphatic hydroxyl groups is 1. The zero-order chi connectivity index (χ0) is 15.9. The molecule has 4 heteroatoms. The van der Waals surface area contributed by atoms with Gasteiger partial charge < -0.3 is 19.5 Å². The van der Waals surface area contributed by atoms with E-state index in [1.165, 1.54) is 11.3 Å². The molecule has 1 aliphatic heterocycles. The van der Waals surface area contributed by atoms with E-state index in [0.29, 0.717) is 19.2 Å². The summed E-state index contributed by atoms with van der Waals surface area (Å²) >= 11 is 0. The highest BCUT2D eigenvalue weighted by molar-refractivity contribution is 5.53. The lowest BCUT2D eigenvalue weighted by molar-refractivity contribution is -0.0576. The van der Waals surface area contributed by atoms with E-state index < -0.39 is 6.10 Å². The molecule has 1 aromatic carbocycles. The van der Waals surface area contributed by atoms with Gasteiger partial charge in [-0.2, -0.15) is 0 Å². The molecule has 1 saturated heterocycles. The second-order valence-corrected chi connectivity index (χ2v) is 6.33. The van der Waals surface area contributed by atoms with Gasteiger partial charge in [0.2, 0.25) is 0 Å². The predicted octanol–water partition coefficient (Wildman–Crippen LogP) is 2.77. The van der Waals surface area contributed by atoms with E-state index >= 15 is 0 Å². The summed E-state index contributed by atoms with van der Waals surface area (Å²) in [7, 11) is 0. The first kappa shape index (κ1) is 17.3. The third-order valence-corrected chi connectivity index (χ3v) is 4.15. The lowest BCUT2D eigenvalue weighted by Crippen LogP contribution is -2.40. The van der Waals surface area contributed by atoms with Gasteiger partial charge in [-0.15, -0.1) is 0 Å². The molecule has 0 saturated carbocycles. The molecule has 2 rings (SSSR count). The molecule has 0 amide bonds. The number of para-hydroxylation sites is 1. The SMILES string of the molecule is Cc1ccccc1N(CC(O)COC1CCOCC1)C(C)C. The summed E-state index contributed by atoms with van der Waals surface area (Å²) in [6.07, 6.45) is 1.61. The number of hydrogen-bond donors (Lipinski definition) is 1. The van der Waals surface area contributed by atoms with Crippen molar-refractivity contribution in [1.29, 1.82) is 0 Å². The number of benzene rings is 1. The topological polar surface area (TPSA) is 41.9 Å². The number of aryl methyl sites for hydroxylation is 1. The number of ether oxygens (including phenoxy) is 2. The summed E-state index contributed by atoms with van der Waals surface area (Å²) in [6.45, 7) is 8.92. The Kier molecular flexibility index (Phi) is 6.68. The zero-order valence-corrected chi connectivity index (χ0v) is 14.0. The van der Waals surface area contributed by atoms with Crippen molar-refractivity contribution in [3.63, 3.8) is 0 Å². The maximum Gasteiger partial charge on any atom is 0.0948 e. The van der Waals surface area contributed by atoms with E-state index in [-0.39, 0.29) is 6.10 Å². The smallest absolute Gasteiger partial charge is 0.0948 e. The van der Waals surface area contributed by atoms with Gasteiger partial charge in [-0.25, -0.2) is 0 Å². The van der Waals surface area contributed by atoms with E-state index in [2.05, 4.69) is 37.8 Å². The Labute approximate surface area is 134 Å². The highest BCUT2D eigenvalue weighted by Crippen LogP contribution is 2.22. The maximum atomic E-state index is 10.4. The van der Waals surface area contributed by atoms with Crippen LogP contribution in [0.4, 0.5) is 5.69 Å². The van der Waals surface area contributed by atoms with Gasteiger partial charge in [0, 0.05) is 31.5 Å². The van der Waals surface area contributed by atoms with Crippen molar-refractivity contribution in [2.75, 3.05) is 31.3 Å². The van der Waals surface area contributed by atoms with Crippen molar-refractivity contribution in [1.82, 2.24) is 0 Å². The highest BCUT2D eigenvalue weighted by atomic mass is 16.5. The Hall–Kier alpha value is -1.10. The van der Waals surface area contributed by atoms with Crippen LogP contribution in [-0.2, 0) is 9.47 Å². The number of hydrogen-bond acceptors (Lipinski definition) is 4. The Balaban J connectivity index is 1.89. The van der Waals surface area contributed by atoms with E-state index in [1.807, 2.05) is 12.1 Å². The van der Waals surface area contributed by atoms with Crippen LogP contribution in [0.25, 0.3) is 0 Å². The molecule has 1 unspecified atom stereocenters. The van der Waals surface area contributed by atoms with Gasteiger partial charge in [0.25, 0.3) is 0 Å². The number of rotatable bonds is 7. The molecule has 0 aliphatic carbocycles. The molecule has 124 valence electrons. The van der Waals surface area contributed by atoms with Gasteiger partial charge in [0.05, 0.1) is 18.8 Å². The van der Waals surface area contributed by atoms with Crippen LogP contribution in [0.1, 0.15) is 32.3 Å². The molecule has 0 aromatic heterocycles. The quantitative estimate of drug-likeness (QED) is 0.841. The Bertz CT molecular complexity index is 444. The van der Waals surface area contributed by atoms with Crippen molar-refractivity contribution >= 4 is 5.69 Å². The zero-order valence-electron chi connectivity index (χ0n) is 14.0. The van der Waals surface area contributed by atoms with E-state index in [9.17, 15) is 5.11 Å². The molecular formula is C18H29NO3. The summed E-state index contributed by atoms with van der Waals surface area (Å²) in [5.74, 6) is 0. The van der Waals surface area contributed by atoms with Crippen LogP contribution in [0.2, 0.25) is 0 Å². The minimum absolute atomic E-state index is 0.231. The normalized spacial score (nSPS) is 17.7. The summed E-state index contributed by atoms with van der Waals surface area (Å²) in [5, 5.41) is 10.4. The number of aliphatic hydroxyl groups excluding tert-OH is 1. The second kappa shape index (κ2) is 8.51. The van der Waals surface area contributed by atoms with Crippen LogP contribution in [0.15, 0.2) is 24.3 Å². The minimum Gasteiger partial charge on any atom is -0.389 e. The lowest BCUT2D eigenvalue weighted by atomic mass is 10.1. The van der Waals surface area contributed by atoms with Crippen LogP contribution in [0.5, 0.6) is 0 Å². The molecular weight excluding hydrogens is 278 g/mol. The number of anilines is 1. The summed E-state index contributed by atoms with van der Waals surface area (Å²) in [4.78, 5) is 2.24. The lowest BCUT2D eigenvalue weighted by Gasteiger charge is -2.33. The van der Waals surface area contributed by atoms with E-state index in [4.69, 9.17) is 9.47 Å². The minimum atomic E-state index is -0.482. The van der Waals surface area contributed by atoms with Crippen LogP contribution in [0, 0.1) is 6.92 Å². The van der Waals surface area contributed by atoms with Crippen molar-refractivity contribution in [3.8, 4) is 0 Å². The standard InChI is InChI=1S/C18H29NO3/c1-14(2)19(18-7-5-4-6-15(18)3)12-16(20)13-22-17-8-10-21-11-9-17/h4-7,14,16-17,20H,8-13H2,1-3H3. The van der Waals surface area contributed by atoms with Crippen molar-refractivity contribution in [2.24, 2.45) is 0 Å². The first-order valence-electron chi connectivity index (χ1n) is 8.27. The Morgan fingerprint density at radius 2 is 1.95 bits per heavy atom. The molecule has 1 fully saturated rings. The van der Waals surface area contributed by atoms with Crippen LogP contribution >= 0.6 is 0 Å². The molecule has 0 radical (unpaired) electrons. The molecule has 1 atom stereocenters. The third-order valence-electron chi connectivity index (χ3n) is 4.15. The fraction of sp³-hybridized carbons (Fsp3) is 0.667. The van der Waals surface area contributed by atoms with Gasteiger partial charge in [-0.1, -0.05) is 18.2 Å². The molecule has 22 heavy (non-hydrogen) atoms.